The Kier molecular flexibility index (Phi) is 3.87. The molecule has 2 heteroatoms. The van der Waals surface area contributed by atoms with Crippen LogP contribution in [0.4, 0.5) is 0 Å². The standard InChI is InChI=1S/C18H28N2/c1-20(2)18(12-5-6-13-18)17(19)16-11-4-3-10-15(16)14-8-7-9-14/h3-4,10-11,14,17H,5-9,12-13,19H2,1-2H3. The highest BCUT2D eigenvalue weighted by Gasteiger charge is 2.43. The molecular weight excluding hydrogens is 244 g/mol. The number of likely N-dealkylation sites (N-methyl/N-ethyl adjacent to an activating group) is 1. The van der Waals surface area contributed by atoms with Gasteiger partial charge in [-0.3, -0.25) is 0 Å². The summed E-state index contributed by atoms with van der Waals surface area (Å²) in [4.78, 5) is 2.39. The second kappa shape index (κ2) is 5.50. The summed E-state index contributed by atoms with van der Waals surface area (Å²) in [5.41, 5.74) is 9.92. The van der Waals surface area contributed by atoms with Gasteiger partial charge in [0.25, 0.3) is 0 Å². The molecule has 2 nitrogen and oxygen atoms in total. The van der Waals surface area contributed by atoms with Gasteiger partial charge in [-0.15, -0.1) is 0 Å². The van der Waals surface area contributed by atoms with Crippen LogP contribution in [0, 0.1) is 0 Å². The molecule has 20 heavy (non-hydrogen) atoms. The van der Waals surface area contributed by atoms with Crippen LogP contribution in [0.15, 0.2) is 24.3 Å². The maximum absolute atomic E-state index is 6.81. The third-order valence-electron chi connectivity index (χ3n) is 5.82. The van der Waals surface area contributed by atoms with E-state index < -0.39 is 0 Å². The predicted molar refractivity (Wildman–Crippen MR) is 84.8 cm³/mol. The molecule has 3 rings (SSSR count). The molecule has 0 amide bonds. The number of hydrogen-bond donors (Lipinski definition) is 1. The number of nitrogens with two attached hydrogens (primary N) is 1. The molecule has 0 bridgehead atoms. The van der Waals surface area contributed by atoms with Crippen LogP contribution in [0.2, 0.25) is 0 Å². The zero-order valence-electron chi connectivity index (χ0n) is 12.9. The largest absolute Gasteiger partial charge is 0.322 e. The van der Waals surface area contributed by atoms with Crippen LogP contribution in [0.5, 0.6) is 0 Å². The van der Waals surface area contributed by atoms with E-state index >= 15 is 0 Å². The topological polar surface area (TPSA) is 29.3 Å². The minimum Gasteiger partial charge on any atom is -0.322 e. The van der Waals surface area contributed by atoms with Crippen molar-refractivity contribution in [2.75, 3.05) is 14.1 Å². The molecule has 0 radical (unpaired) electrons. The molecule has 0 saturated heterocycles. The Bertz CT molecular complexity index is 456. The molecule has 2 N–H and O–H groups in total. The Hall–Kier alpha value is -0.860. The summed E-state index contributed by atoms with van der Waals surface area (Å²) in [6.07, 6.45) is 9.18. The van der Waals surface area contributed by atoms with Gasteiger partial charge in [-0.1, -0.05) is 43.5 Å². The quantitative estimate of drug-likeness (QED) is 0.902. The molecule has 0 aromatic heterocycles. The van der Waals surface area contributed by atoms with Crippen molar-refractivity contribution in [2.24, 2.45) is 5.73 Å². The van der Waals surface area contributed by atoms with Crippen LogP contribution in [0.3, 0.4) is 0 Å². The van der Waals surface area contributed by atoms with Gasteiger partial charge in [-0.2, -0.15) is 0 Å². The van der Waals surface area contributed by atoms with E-state index in [4.69, 9.17) is 5.73 Å². The second-order valence-corrected chi connectivity index (χ2v) is 6.94. The molecule has 0 heterocycles. The maximum Gasteiger partial charge on any atom is 0.0484 e. The van der Waals surface area contributed by atoms with Crippen molar-refractivity contribution in [2.45, 2.75) is 62.4 Å². The van der Waals surface area contributed by atoms with Crippen molar-refractivity contribution < 1.29 is 0 Å². The molecule has 2 aliphatic carbocycles. The summed E-state index contributed by atoms with van der Waals surface area (Å²) < 4.78 is 0. The zero-order chi connectivity index (χ0) is 14.2. The first-order valence-corrected chi connectivity index (χ1v) is 8.17. The van der Waals surface area contributed by atoms with Crippen molar-refractivity contribution in [1.82, 2.24) is 4.90 Å². The highest BCUT2D eigenvalue weighted by molar-refractivity contribution is 5.36. The number of benzene rings is 1. The summed E-state index contributed by atoms with van der Waals surface area (Å²) in [5.74, 6) is 0.762. The first-order valence-electron chi connectivity index (χ1n) is 8.17. The maximum atomic E-state index is 6.81. The smallest absolute Gasteiger partial charge is 0.0484 e. The molecular formula is C18H28N2. The normalized spacial score (nSPS) is 23.8. The Morgan fingerprint density at radius 1 is 1.10 bits per heavy atom. The van der Waals surface area contributed by atoms with Gasteiger partial charge < -0.3 is 10.6 Å². The van der Waals surface area contributed by atoms with Crippen molar-refractivity contribution in [1.29, 1.82) is 0 Å². The van der Waals surface area contributed by atoms with E-state index in [0.717, 1.165) is 5.92 Å². The van der Waals surface area contributed by atoms with E-state index in [2.05, 4.69) is 43.3 Å². The second-order valence-electron chi connectivity index (χ2n) is 6.94. The van der Waals surface area contributed by atoms with Crippen LogP contribution in [-0.2, 0) is 0 Å². The number of nitrogens with zero attached hydrogens (tertiary/aromatic N) is 1. The van der Waals surface area contributed by atoms with Gasteiger partial charge in [0.05, 0.1) is 0 Å². The molecule has 110 valence electrons. The lowest BCUT2D eigenvalue weighted by molar-refractivity contribution is 0.122. The van der Waals surface area contributed by atoms with Crippen LogP contribution in [0.25, 0.3) is 0 Å². The van der Waals surface area contributed by atoms with Gasteiger partial charge in [0.2, 0.25) is 0 Å². The average Bonchev–Trinajstić information content (AvgIpc) is 2.87. The summed E-state index contributed by atoms with van der Waals surface area (Å²) >= 11 is 0. The first kappa shape index (κ1) is 14.1. The third-order valence-corrected chi connectivity index (χ3v) is 5.82. The Balaban J connectivity index is 1.95. The van der Waals surface area contributed by atoms with Gasteiger partial charge in [0.15, 0.2) is 0 Å². The molecule has 1 aromatic rings. The molecule has 2 aliphatic rings. The van der Waals surface area contributed by atoms with Gasteiger partial charge in [-0.25, -0.2) is 0 Å². The third kappa shape index (κ3) is 2.19. The van der Waals surface area contributed by atoms with Gasteiger partial charge in [-0.05, 0) is 56.8 Å². The fourth-order valence-corrected chi connectivity index (χ4v) is 4.20. The Morgan fingerprint density at radius 2 is 1.75 bits per heavy atom. The van der Waals surface area contributed by atoms with E-state index in [-0.39, 0.29) is 11.6 Å². The minimum absolute atomic E-state index is 0.150. The zero-order valence-corrected chi connectivity index (χ0v) is 12.9. The highest BCUT2D eigenvalue weighted by Crippen LogP contribution is 2.46. The van der Waals surface area contributed by atoms with Crippen LogP contribution in [-0.4, -0.2) is 24.5 Å². The van der Waals surface area contributed by atoms with Crippen molar-refractivity contribution in [3.63, 3.8) is 0 Å². The fraction of sp³-hybridized carbons (Fsp3) is 0.667. The molecule has 1 unspecified atom stereocenters. The van der Waals surface area contributed by atoms with Crippen LogP contribution >= 0.6 is 0 Å². The Morgan fingerprint density at radius 3 is 2.30 bits per heavy atom. The number of hydrogen-bond acceptors (Lipinski definition) is 2. The highest BCUT2D eigenvalue weighted by atomic mass is 15.2. The van der Waals surface area contributed by atoms with Gasteiger partial charge in [0, 0.05) is 11.6 Å². The molecule has 2 fully saturated rings. The summed E-state index contributed by atoms with van der Waals surface area (Å²) in [6, 6.07) is 9.09. The average molecular weight is 272 g/mol. The van der Waals surface area contributed by atoms with E-state index in [1.54, 1.807) is 0 Å². The molecule has 0 spiro atoms. The fourth-order valence-electron chi connectivity index (χ4n) is 4.20. The van der Waals surface area contributed by atoms with E-state index in [0.29, 0.717) is 0 Å². The first-order chi connectivity index (χ1) is 9.65. The van der Waals surface area contributed by atoms with Gasteiger partial charge in [0.1, 0.15) is 0 Å². The molecule has 1 aromatic carbocycles. The Labute approximate surface area is 123 Å². The van der Waals surface area contributed by atoms with Gasteiger partial charge >= 0.3 is 0 Å². The SMILES string of the molecule is CN(C)C1(C(N)c2ccccc2C2CCC2)CCCC1. The lowest BCUT2D eigenvalue weighted by Gasteiger charge is -2.43. The van der Waals surface area contributed by atoms with Crippen molar-refractivity contribution in [3.8, 4) is 0 Å². The molecule has 0 aliphatic heterocycles. The van der Waals surface area contributed by atoms with Crippen molar-refractivity contribution in [3.05, 3.63) is 35.4 Å². The monoisotopic (exact) mass is 272 g/mol. The van der Waals surface area contributed by atoms with Crippen molar-refractivity contribution >= 4 is 0 Å². The molecule has 2 saturated carbocycles. The van der Waals surface area contributed by atoms with E-state index in [1.165, 1.54) is 56.1 Å². The summed E-state index contributed by atoms with van der Waals surface area (Å²) in [6.45, 7) is 0. The lowest BCUT2D eigenvalue weighted by atomic mass is 9.74. The van der Waals surface area contributed by atoms with E-state index in [1.807, 2.05) is 0 Å². The summed E-state index contributed by atoms with van der Waals surface area (Å²) in [5, 5.41) is 0. The molecule has 1 atom stereocenters. The summed E-state index contributed by atoms with van der Waals surface area (Å²) in [7, 11) is 4.41. The predicted octanol–water partition coefficient (Wildman–Crippen LogP) is 3.83. The lowest BCUT2D eigenvalue weighted by Crippen LogP contribution is -2.50. The van der Waals surface area contributed by atoms with E-state index in [9.17, 15) is 0 Å². The van der Waals surface area contributed by atoms with Crippen LogP contribution in [0.1, 0.15) is 68.0 Å². The van der Waals surface area contributed by atoms with Crippen LogP contribution < -0.4 is 5.73 Å². The minimum atomic E-state index is 0.150. The number of rotatable bonds is 4.